The number of halogens is 3. The largest absolute Gasteiger partial charge is 0.493 e. The van der Waals surface area contributed by atoms with E-state index in [2.05, 4.69) is 9.73 Å². The van der Waals surface area contributed by atoms with E-state index in [0.29, 0.717) is 21.2 Å². The molecule has 3 rings (SSSR count). The lowest BCUT2D eigenvalue weighted by atomic mass is 10.1. The highest BCUT2D eigenvalue weighted by atomic mass is 35.5. The zero-order chi connectivity index (χ0) is 21.8. The molecule has 0 fully saturated rings. The van der Waals surface area contributed by atoms with Crippen molar-refractivity contribution in [2.45, 2.75) is 0 Å². The average Bonchev–Trinajstić information content (AvgIpc) is 3.08. The van der Waals surface area contributed by atoms with Crippen LogP contribution >= 0.6 is 34.8 Å². The summed E-state index contributed by atoms with van der Waals surface area (Å²) in [6.07, 6.45) is 1.48. The summed E-state index contributed by atoms with van der Waals surface area (Å²) < 4.78 is 20.4. The summed E-state index contributed by atoms with van der Waals surface area (Å²) in [5.74, 6) is -0.686. The van der Waals surface area contributed by atoms with Gasteiger partial charge < -0.3 is 18.9 Å². The fourth-order valence-electron chi connectivity index (χ4n) is 2.47. The van der Waals surface area contributed by atoms with E-state index in [1.54, 1.807) is 24.3 Å². The van der Waals surface area contributed by atoms with Crippen molar-refractivity contribution in [1.29, 1.82) is 0 Å². The van der Waals surface area contributed by atoms with Crippen LogP contribution in [0.2, 0.25) is 15.1 Å². The molecule has 0 atom stereocenters. The van der Waals surface area contributed by atoms with Gasteiger partial charge in [-0.3, -0.25) is 0 Å². The second kappa shape index (κ2) is 9.38. The summed E-state index contributed by atoms with van der Waals surface area (Å²) in [6, 6.07) is 7.87. The highest BCUT2D eigenvalue weighted by Crippen LogP contribution is 2.37. The van der Waals surface area contributed by atoms with Crippen LogP contribution in [-0.2, 0) is 19.1 Å². The fourth-order valence-corrected chi connectivity index (χ4v) is 3.04. The van der Waals surface area contributed by atoms with Crippen molar-refractivity contribution >= 4 is 58.7 Å². The third-order valence-electron chi connectivity index (χ3n) is 3.90. The first kappa shape index (κ1) is 22.0. The maximum Gasteiger partial charge on any atom is 0.363 e. The molecule has 0 aromatic heterocycles. The van der Waals surface area contributed by atoms with Crippen molar-refractivity contribution in [3.63, 3.8) is 0 Å². The van der Waals surface area contributed by atoms with Gasteiger partial charge in [0, 0.05) is 5.56 Å². The van der Waals surface area contributed by atoms with Crippen LogP contribution in [0.3, 0.4) is 0 Å². The SMILES string of the molecule is COC(=O)COc1c(Cl)cc(/C=C2\N=C(c3ccc(Cl)c(Cl)c3)OC2=O)cc1OC. The third-order valence-corrected chi connectivity index (χ3v) is 4.92. The minimum Gasteiger partial charge on any atom is -0.493 e. The summed E-state index contributed by atoms with van der Waals surface area (Å²) in [5, 5.41) is 0.854. The molecule has 2 aromatic rings. The van der Waals surface area contributed by atoms with Crippen molar-refractivity contribution in [3.8, 4) is 11.5 Å². The van der Waals surface area contributed by atoms with Crippen LogP contribution in [0.1, 0.15) is 11.1 Å². The first-order valence-electron chi connectivity index (χ1n) is 8.37. The van der Waals surface area contributed by atoms with Crippen LogP contribution in [0.15, 0.2) is 41.0 Å². The molecular weight excluding hydrogens is 457 g/mol. The molecule has 0 radical (unpaired) electrons. The topological polar surface area (TPSA) is 83.4 Å². The molecule has 1 aliphatic rings. The molecule has 156 valence electrons. The Kier molecular flexibility index (Phi) is 6.87. The minimum absolute atomic E-state index is 0.0532. The summed E-state index contributed by atoms with van der Waals surface area (Å²) in [6.45, 7) is -0.337. The van der Waals surface area contributed by atoms with Gasteiger partial charge in [0.1, 0.15) is 0 Å². The number of benzene rings is 2. The summed E-state index contributed by atoms with van der Waals surface area (Å²) >= 11 is 18.2. The zero-order valence-electron chi connectivity index (χ0n) is 15.7. The van der Waals surface area contributed by atoms with E-state index in [1.807, 2.05) is 0 Å². The van der Waals surface area contributed by atoms with E-state index in [-0.39, 0.29) is 34.7 Å². The number of hydrogen-bond acceptors (Lipinski definition) is 7. The van der Waals surface area contributed by atoms with Gasteiger partial charge in [-0.15, -0.1) is 0 Å². The molecule has 0 saturated heterocycles. The van der Waals surface area contributed by atoms with Gasteiger partial charge in [0.2, 0.25) is 5.90 Å². The molecule has 0 amide bonds. The number of cyclic esters (lactones) is 1. The molecule has 0 aliphatic carbocycles. The molecule has 30 heavy (non-hydrogen) atoms. The molecule has 0 bridgehead atoms. The lowest BCUT2D eigenvalue weighted by Gasteiger charge is -2.12. The molecule has 2 aromatic carbocycles. The van der Waals surface area contributed by atoms with Crippen molar-refractivity contribution in [2.75, 3.05) is 20.8 Å². The fraction of sp³-hybridized carbons (Fsp3) is 0.150. The second-order valence-corrected chi connectivity index (χ2v) is 7.09. The Balaban J connectivity index is 1.90. The minimum atomic E-state index is -0.642. The van der Waals surface area contributed by atoms with Crippen molar-refractivity contribution < 1.29 is 28.5 Å². The molecule has 1 heterocycles. The van der Waals surface area contributed by atoms with Crippen molar-refractivity contribution in [3.05, 3.63) is 62.2 Å². The van der Waals surface area contributed by atoms with Gasteiger partial charge in [-0.25, -0.2) is 14.6 Å². The van der Waals surface area contributed by atoms with Gasteiger partial charge in [-0.05, 0) is 42.0 Å². The van der Waals surface area contributed by atoms with Crippen LogP contribution in [-0.4, -0.2) is 38.7 Å². The lowest BCUT2D eigenvalue weighted by molar-refractivity contribution is -0.143. The van der Waals surface area contributed by atoms with Gasteiger partial charge in [-0.1, -0.05) is 34.8 Å². The van der Waals surface area contributed by atoms with E-state index in [9.17, 15) is 9.59 Å². The predicted molar refractivity (Wildman–Crippen MR) is 113 cm³/mol. The Morgan fingerprint density at radius 3 is 2.53 bits per heavy atom. The van der Waals surface area contributed by atoms with Crippen LogP contribution in [0, 0.1) is 0 Å². The predicted octanol–water partition coefficient (Wildman–Crippen LogP) is 4.55. The Labute approximate surface area is 186 Å². The van der Waals surface area contributed by atoms with E-state index < -0.39 is 11.9 Å². The molecule has 7 nitrogen and oxygen atoms in total. The Morgan fingerprint density at radius 1 is 1.10 bits per heavy atom. The quantitative estimate of drug-likeness (QED) is 0.455. The first-order chi connectivity index (χ1) is 14.3. The first-order valence-corrected chi connectivity index (χ1v) is 9.51. The number of hydrogen-bond donors (Lipinski definition) is 0. The standard InChI is InChI=1S/C20H14Cl3NO6/c1-27-16-7-10(5-14(23)18(16)29-9-17(25)28-2)6-15-20(26)30-19(24-15)11-3-4-12(21)13(22)8-11/h3-8H,9H2,1-2H3/b15-6-. The van der Waals surface area contributed by atoms with Crippen molar-refractivity contribution in [1.82, 2.24) is 0 Å². The van der Waals surface area contributed by atoms with Crippen molar-refractivity contribution in [2.24, 2.45) is 4.99 Å². The van der Waals surface area contributed by atoms with Crippen LogP contribution in [0.4, 0.5) is 0 Å². The molecule has 1 aliphatic heterocycles. The second-order valence-electron chi connectivity index (χ2n) is 5.86. The molecule has 0 saturated carbocycles. The van der Waals surface area contributed by atoms with Gasteiger partial charge >= 0.3 is 11.9 Å². The molecule has 0 spiro atoms. The number of esters is 2. The van der Waals surface area contributed by atoms with Gasteiger partial charge in [0.15, 0.2) is 23.8 Å². The summed E-state index contributed by atoms with van der Waals surface area (Å²) in [7, 11) is 2.66. The number of rotatable bonds is 6. The average molecular weight is 471 g/mol. The van der Waals surface area contributed by atoms with Gasteiger partial charge in [0.05, 0.1) is 29.3 Å². The molecular formula is C20H14Cl3NO6. The van der Waals surface area contributed by atoms with E-state index in [4.69, 9.17) is 49.0 Å². The van der Waals surface area contributed by atoms with Crippen LogP contribution in [0.5, 0.6) is 11.5 Å². The highest BCUT2D eigenvalue weighted by Gasteiger charge is 2.25. The summed E-state index contributed by atoms with van der Waals surface area (Å²) in [4.78, 5) is 27.7. The van der Waals surface area contributed by atoms with E-state index in [1.165, 1.54) is 26.4 Å². The van der Waals surface area contributed by atoms with Gasteiger partial charge in [-0.2, -0.15) is 0 Å². The zero-order valence-corrected chi connectivity index (χ0v) is 18.0. The lowest BCUT2D eigenvalue weighted by Crippen LogP contribution is -2.13. The molecule has 0 N–H and O–H groups in total. The normalized spacial score (nSPS) is 14.4. The molecule has 10 heteroatoms. The number of nitrogens with zero attached hydrogens (tertiary/aromatic N) is 1. The summed E-state index contributed by atoms with van der Waals surface area (Å²) in [5.41, 5.74) is 1.06. The highest BCUT2D eigenvalue weighted by molar-refractivity contribution is 6.42. The monoisotopic (exact) mass is 469 g/mol. The Morgan fingerprint density at radius 2 is 1.87 bits per heavy atom. The van der Waals surface area contributed by atoms with Crippen LogP contribution in [0.25, 0.3) is 6.08 Å². The smallest absolute Gasteiger partial charge is 0.363 e. The van der Waals surface area contributed by atoms with E-state index in [0.717, 1.165) is 0 Å². The number of methoxy groups -OCH3 is 2. The third kappa shape index (κ3) is 4.87. The van der Waals surface area contributed by atoms with Gasteiger partial charge in [0.25, 0.3) is 0 Å². The number of carbonyl (C=O) groups is 2. The molecule has 0 unspecified atom stereocenters. The number of carbonyl (C=O) groups excluding carboxylic acids is 2. The maximum atomic E-state index is 12.2. The Bertz CT molecular complexity index is 1080. The van der Waals surface area contributed by atoms with E-state index >= 15 is 0 Å². The number of aliphatic imine (C=N–C) groups is 1. The van der Waals surface area contributed by atoms with Crippen LogP contribution < -0.4 is 9.47 Å². The Hall–Kier alpha value is -2.74. The maximum absolute atomic E-state index is 12.2. The number of ether oxygens (including phenoxy) is 4.